The fourth-order valence-electron chi connectivity index (χ4n) is 1.70. The number of aliphatic hydroxyl groups excluding tert-OH is 1. The summed E-state index contributed by atoms with van der Waals surface area (Å²) in [5.74, 6) is 0.609. The molecule has 0 amide bonds. The summed E-state index contributed by atoms with van der Waals surface area (Å²) < 4.78 is 1.19. The molecular weight excluding hydrogens is 228 g/mol. The molecule has 1 N–H and O–H groups in total. The number of rotatable bonds is 4. The first-order chi connectivity index (χ1) is 7.33. The first-order valence-electron chi connectivity index (χ1n) is 5.03. The van der Waals surface area contributed by atoms with E-state index in [0.29, 0.717) is 5.88 Å². The van der Waals surface area contributed by atoms with Crippen LogP contribution in [0.3, 0.4) is 0 Å². The second-order valence-corrected chi connectivity index (χ2v) is 4.83. The number of thiophene rings is 1. The van der Waals surface area contributed by atoms with Gasteiger partial charge in [0.1, 0.15) is 0 Å². The van der Waals surface area contributed by atoms with Crippen LogP contribution < -0.4 is 0 Å². The molecule has 1 aromatic heterocycles. The number of benzene rings is 1. The van der Waals surface area contributed by atoms with Gasteiger partial charge in [-0.05, 0) is 35.2 Å². The summed E-state index contributed by atoms with van der Waals surface area (Å²) in [5, 5.41) is 13.3. The summed E-state index contributed by atoms with van der Waals surface area (Å²) >= 11 is 7.30. The molecule has 0 aliphatic rings. The lowest BCUT2D eigenvalue weighted by molar-refractivity contribution is 0.168. The summed E-state index contributed by atoms with van der Waals surface area (Å²) in [6.07, 6.45) is 1.21. The Morgan fingerprint density at radius 1 is 1.33 bits per heavy atom. The van der Waals surface area contributed by atoms with Crippen LogP contribution in [0.2, 0.25) is 0 Å². The molecular formula is C12H13ClOS. The number of fused-ring (bicyclic) bond motifs is 1. The van der Waals surface area contributed by atoms with Crippen molar-refractivity contribution in [3.63, 3.8) is 0 Å². The van der Waals surface area contributed by atoms with E-state index in [1.807, 2.05) is 12.1 Å². The van der Waals surface area contributed by atoms with Gasteiger partial charge >= 0.3 is 0 Å². The maximum absolute atomic E-state index is 10.0. The van der Waals surface area contributed by atoms with Crippen molar-refractivity contribution in [1.82, 2.24) is 0 Å². The average molecular weight is 241 g/mol. The maximum Gasteiger partial charge on any atom is 0.0804 e. The molecule has 0 spiro atoms. The highest BCUT2D eigenvalue weighted by atomic mass is 35.5. The van der Waals surface area contributed by atoms with Gasteiger partial charge in [0.2, 0.25) is 0 Å². The molecule has 3 heteroatoms. The molecule has 0 bridgehead atoms. The van der Waals surface area contributed by atoms with Crippen molar-refractivity contribution in [2.75, 3.05) is 5.88 Å². The van der Waals surface area contributed by atoms with Gasteiger partial charge in [-0.1, -0.05) is 18.2 Å². The number of hydrogen-bond acceptors (Lipinski definition) is 2. The lowest BCUT2D eigenvalue weighted by Gasteiger charge is -2.10. The zero-order valence-electron chi connectivity index (χ0n) is 8.32. The van der Waals surface area contributed by atoms with Crippen LogP contribution in [0, 0.1) is 0 Å². The van der Waals surface area contributed by atoms with Crippen LogP contribution in [0.4, 0.5) is 0 Å². The number of hydrogen-bond donors (Lipinski definition) is 1. The zero-order chi connectivity index (χ0) is 10.7. The molecule has 0 aliphatic heterocycles. The third-order valence-electron chi connectivity index (χ3n) is 2.48. The van der Waals surface area contributed by atoms with Crippen molar-refractivity contribution in [3.05, 3.63) is 35.2 Å². The highest BCUT2D eigenvalue weighted by Gasteiger charge is 2.11. The number of alkyl halides is 1. The number of aliphatic hydroxyl groups is 1. The Morgan fingerprint density at radius 2 is 2.20 bits per heavy atom. The molecule has 1 aromatic carbocycles. The summed E-state index contributed by atoms with van der Waals surface area (Å²) in [6.45, 7) is 0. The predicted molar refractivity (Wildman–Crippen MR) is 66.7 cm³/mol. The highest BCUT2D eigenvalue weighted by molar-refractivity contribution is 7.17. The Bertz CT molecular complexity index is 438. The van der Waals surface area contributed by atoms with Crippen LogP contribution in [0.25, 0.3) is 10.1 Å². The van der Waals surface area contributed by atoms with Gasteiger partial charge in [0.05, 0.1) is 6.10 Å². The highest BCUT2D eigenvalue weighted by Crippen LogP contribution is 2.30. The Balaban J connectivity index is 2.29. The number of halogens is 1. The van der Waals surface area contributed by atoms with Gasteiger partial charge < -0.3 is 5.11 Å². The smallest absolute Gasteiger partial charge is 0.0804 e. The predicted octanol–water partition coefficient (Wildman–Crippen LogP) is 3.95. The van der Waals surface area contributed by atoms with Crippen molar-refractivity contribution in [1.29, 1.82) is 0 Å². The van der Waals surface area contributed by atoms with Crippen molar-refractivity contribution < 1.29 is 5.11 Å². The van der Waals surface area contributed by atoms with E-state index in [0.717, 1.165) is 18.4 Å². The third-order valence-corrected chi connectivity index (χ3v) is 3.73. The Hall–Kier alpha value is -0.570. The van der Waals surface area contributed by atoms with Crippen LogP contribution in [-0.2, 0) is 0 Å². The van der Waals surface area contributed by atoms with E-state index in [4.69, 9.17) is 11.6 Å². The molecule has 0 radical (unpaired) electrons. The minimum atomic E-state index is -0.383. The molecule has 1 atom stereocenters. The first-order valence-corrected chi connectivity index (χ1v) is 6.44. The molecule has 1 unspecified atom stereocenters. The summed E-state index contributed by atoms with van der Waals surface area (Å²) in [5.41, 5.74) is 1.03. The van der Waals surface area contributed by atoms with Crippen molar-refractivity contribution in [2.45, 2.75) is 18.9 Å². The zero-order valence-corrected chi connectivity index (χ0v) is 9.89. The Morgan fingerprint density at radius 3 is 3.00 bits per heavy atom. The van der Waals surface area contributed by atoms with E-state index in [1.165, 1.54) is 10.1 Å². The van der Waals surface area contributed by atoms with Crippen LogP contribution in [0.5, 0.6) is 0 Å². The van der Waals surface area contributed by atoms with Gasteiger partial charge in [-0.3, -0.25) is 0 Å². The van der Waals surface area contributed by atoms with Crippen LogP contribution >= 0.6 is 22.9 Å². The van der Waals surface area contributed by atoms with Crippen molar-refractivity contribution in [2.24, 2.45) is 0 Å². The molecule has 0 saturated carbocycles. The monoisotopic (exact) mass is 240 g/mol. The van der Waals surface area contributed by atoms with E-state index >= 15 is 0 Å². The second-order valence-electron chi connectivity index (χ2n) is 3.53. The fraction of sp³-hybridized carbons (Fsp3) is 0.333. The van der Waals surface area contributed by atoms with E-state index < -0.39 is 0 Å². The maximum atomic E-state index is 10.0. The van der Waals surface area contributed by atoms with Gasteiger partial charge in [-0.2, -0.15) is 0 Å². The minimum absolute atomic E-state index is 0.383. The van der Waals surface area contributed by atoms with E-state index in [1.54, 1.807) is 11.3 Å². The van der Waals surface area contributed by atoms with Crippen LogP contribution in [-0.4, -0.2) is 11.0 Å². The fourth-order valence-corrected chi connectivity index (χ4v) is 2.82. The van der Waals surface area contributed by atoms with Crippen LogP contribution in [0.15, 0.2) is 29.6 Å². The Kier molecular flexibility index (Phi) is 3.62. The topological polar surface area (TPSA) is 20.2 Å². The molecule has 0 aliphatic carbocycles. The molecule has 1 heterocycles. The molecule has 15 heavy (non-hydrogen) atoms. The van der Waals surface area contributed by atoms with E-state index in [9.17, 15) is 5.11 Å². The summed E-state index contributed by atoms with van der Waals surface area (Å²) in [6, 6.07) is 8.15. The van der Waals surface area contributed by atoms with Gasteiger partial charge in [0, 0.05) is 10.6 Å². The minimum Gasteiger partial charge on any atom is -0.388 e. The summed E-state index contributed by atoms with van der Waals surface area (Å²) in [7, 11) is 0. The molecule has 0 fully saturated rings. The molecule has 0 saturated heterocycles. The van der Waals surface area contributed by atoms with E-state index in [2.05, 4.69) is 17.5 Å². The molecule has 80 valence electrons. The molecule has 2 aromatic rings. The summed E-state index contributed by atoms with van der Waals surface area (Å²) in [4.78, 5) is 0. The largest absolute Gasteiger partial charge is 0.388 e. The van der Waals surface area contributed by atoms with Gasteiger partial charge in [-0.15, -0.1) is 22.9 Å². The van der Waals surface area contributed by atoms with Gasteiger partial charge in [0.25, 0.3) is 0 Å². The van der Waals surface area contributed by atoms with Crippen molar-refractivity contribution in [3.8, 4) is 0 Å². The Labute approximate surface area is 98.3 Å². The second kappa shape index (κ2) is 4.97. The van der Waals surface area contributed by atoms with Gasteiger partial charge in [-0.25, -0.2) is 0 Å². The normalized spacial score (nSPS) is 13.2. The van der Waals surface area contributed by atoms with Crippen LogP contribution in [0.1, 0.15) is 24.5 Å². The average Bonchev–Trinajstić information content (AvgIpc) is 2.73. The van der Waals surface area contributed by atoms with Gasteiger partial charge in [0.15, 0.2) is 0 Å². The SMILES string of the molecule is OC(CCCCl)c1cccc2ccsc12. The van der Waals surface area contributed by atoms with Crippen molar-refractivity contribution >= 4 is 33.0 Å². The first kappa shape index (κ1) is 10.9. The lowest BCUT2D eigenvalue weighted by atomic mass is 10.0. The lowest BCUT2D eigenvalue weighted by Crippen LogP contribution is -1.97. The van der Waals surface area contributed by atoms with E-state index in [-0.39, 0.29) is 6.10 Å². The molecule has 1 nitrogen and oxygen atoms in total. The molecule has 2 rings (SSSR count). The standard InChI is InChI=1S/C12H13ClOS/c13-7-2-5-11(14)10-4-1-3-9-6-8-15-12(9)10/h1,3-4,6,8,11,14H,2,5,7H2. The quantitative estimate of drug-likeness (QED) is 0.803. The third kappa shape index (κ3) is 2.33.